The highest BCUT2D eigenvalue weighted by Gasteiger charge is 2.47. The minimum absolute atomic E-state index is 0.113. The van der Waals surface area contributed by atoms with Crippen molar-refractivity contribution in [2.24, 2.45) is 11.3 Å². The molecule has 0 aliphatic carbocycles. The van der Waals surface area contributed by atoms with Crippen molar-refractivity contribution in [2.45, 2.75) is 84.1 Å². The van der Waals surface area contributed by atoms with Gasteiger partial charge in [-0.3, -0.25) is 43.2 Å². The lowest BCUT2D eigenvalue weighted by Crippen LogP contribution is -2.47. The van der Waals surface area contributed by atoms with Crippen molar-refractivity contribution in [1.82, 2.24) is 0 Å². The number of carbonyl (C=O) groups is 9. The second kappa shape index (κ2) is 27.0. The molecule has 3 aromatic heterocycles. The van der Waals surface area contributed by atoms with E-state index in [9.17, 15) is 48.3 Å². The van der Waals surface area contributed by atoms with Gasteiger partial charge < -0.3 is 25.8 Å². The number of anilines is 3. The number of rotatable bonds is 25. The zero-order valence-electron chi connectivity index (χ0n) is 43.3. The maximum absolute atomic E-state index is 14.9. The number of aliphatic carboxylic acids is 1. The van der Waals surface area contributed by atoms with E-state index in [1.165, 1.54) is 62.5 Å². The highest BCUT2D eigenvalue weighted by Crippen LogP contribution is 2.42. The number of halogens is 3. The Morgan fingerprint density at radius 1 is 0.564 bits per heavy atom. The smallest absolute Gasteiger partial charge is 0.329 e. The first kappa shape index (κ1) is 61.6. The van der Waals surface area contributed by atoms with Crippen LogP contribution in [0.25, 0.3) is 0 Å². The van der Waals surface area contributed by atoms with Gasteiger partial charge in [-0.25, -0.2) is 0 Å². The number of carboxylic acids is 1. The lowest BCUT2D eigenvalue weighted by atomic mass is 9.73. The Hall–Kier alpha value is -5.64. The van der Waals surface area contributed by atoms with Crippen LogP contribution in [0.15, 0.2) is 91.0 Å². The Kier molecular flexibility index (Phi) is 21.3. The van der Waals surface area contributed by atoms with Gasteiger partial charge in [0.2, 0.25) is 17.7 Å². The Morgan fingerprint density at radius 3 is 1.28 bits per heavy atom. The number of thioether (sulfide) groups is 2. The van der Waals surface area contributed by atoms with Crippen LogP contribution in [0.3, 0.4) is 0 Å². The second-order valence-corrected chi connectivity index (χ2v) is 26.2. The third-order valence-corrected chi connectivity index (χ3v) is 19.0. The molecule has 22 heteroatoms. The number of benzene rings is 3. The van der Waals surface area contributed by atoms with E-state index in [1.807, 2.05) is 20.8 Å². The van der Waals surface area contributed by atoms with Gasteiger partial charge in [-0.05, 0) is 130 Å². The maximum Gasteiger partial charge on any atom is 0.329 e. The van der Waals surface area contributed by atoms with Gasteiger partial charge in [0.1, 0.15) is 25.0 Å². The monoisotopic (exact) mass is 1210 g/mol. The first-order valence-electron chi connectivity index (χ1n) is 24.3. The second-order valence-electron chi connectivity index (χ2n) is 18.8. The minimum Gasteiger partial charge on any atom is -0.480 e. The number of thiophene rings is 3. The predicted molar refractivity (Wildman–Crippen MR) is 315 cm³/mol. The molecule has 410 valence electrons. The van der Waals surface area contributed by atoms with Gasteiger partial charge >= 0.3 is 17.9 Å². The fraction of sp³-hybridized carbons (Fsp3) is 0.304. The molecule has 0 aliphatic rings. The van der Waals surface area contributed by atoms with Crippen LogP contribution in [0, 0.1) is 11.3 Å². The number of carboxylic acid groups (broad SMARTS) is 1. The summed E-state index contributed by atoms with van der Waals surface area (Å²) in [5, 5.41) is 19.4. The third-order valence-electron chi connectivity index (χ3n) is 12.1. The van der Waals surface area contributed by atoms with Crippen molar-refractivity contribution in [2.75, 3.05) is 27.5 Å². The molecule has 78 heavy (non-hydrogen) atoms. The molecule has 0 radical (unpaired) electrons. The van der Waals surface area contributed by atoms with E-state index in [0.29, 0.717) is 62.2 Å². The van der Waals surface area contributed by atoms with Gasteiger partial charge in [0.25, 0.3) is 0 Å². The number of hydrogen-bond donors (Lipinski definition) is 4. The van der Waals surface area contributed by atoms with Crippen LogP contribution in [0.1, 0.15) is 117 Å². The lowest BCUT2D eigenvalue weighted by Gasteiger charge is -2.36. The molecular formula is C56H54Cl3N3O11S5. The van der Waals surface area contributed by atoms with Crippen LogP contribution >= 0.6 is 92.3 Å². The van der Waals surface area contributed by atoms with E-state index in [4.69, 9.17) is 39.5 Å². The van der Waals surface area contributed by atoms with E-state index in [1.54, 1.807) is 78.9 Å². The molecule has 0 saturated carbocycles. The summed E-state index contributed by atoms with van der Waals surface area (Å²) in [5.41, 5.74) is -0.0405. The van der Waals surface area contributed by atoms with E-state index in [2.05, 4.69) is 16.0 Å². The minimum atomic E-state index is -1.73. The van der Waals surface area contributed by atoms with Gasteiger partial charge in [0.15, 0.2) is 17.3 Å². The fourth-order valence-corrected chi connectivity index (χ4v) is 13.2. The van der Waals surface area contributed by atoms with E-state index >= 15 is 0 Å². The SMILES string of the molecule is CCc1cc(C(=O)c2ccc(Cl)cc2)c(NC(=O)CSC(C(=O)O)C(C(=O)Nc2sc(CC)cc2C(=O)c2ccc(Cl)cc2)C(C)(C)CC(=O)OC(=O)C(C)(C)SCC(=O)Nc2sc(CC)cc2C(=O)c2ccc(Cl)cc2)s1. The number of esters is 2. The highest BCUT2D eigenvalue weighted by molar-refractivity contribution is 8.02. The molecule has 0 fully saturated rings. The van der Waals surface area contributed by atoms with Crippen LogP contribution in [0.5, 0.6) is 0 Å². The molecule has 2 atom stereocenters. The molecule has 0 bridgehead atoms. The molecule has 6 rings (SSSR count). The Balaban J connectivity index is 1.21. The molecule has 2 unspecified atom stereocenters. The van der Waals surface area contributed by atoms with Crippen LogP contribution in [-0.4, -0.2) is 79.6 Å². The molecule has 0 saturated heterocycles. The summed E-state index contributed by atoms with van der Waals surface area (Å²) in [6, 6.07) is 23.8. The van der Waals surface area contributed by atoms with Crippen LogP contribution in [0.4, 0.5) is 15.0 Å². The Morgan fingerprint density at radius 2 is 0.923 bits per heavy atom. The van der Waals surface area contributed by atoms with Crippen molar-refractivity contribution in [1.29, 1.82) is 0 Å². The highest BCUT2D eigenvalue weighted by atomic mass is 35.5. The summed E-state index contributed by atoms with van der Waals surface area (Å²) in [7, 11) is 0. The zero-order valence-corrected chi connectivity index (χ0v) is 49.6. The van der Waals surface area contributed by atoms with Crippen molar-refractivity contribution in [3.05, 3.63) is 154 Å². The van der Waals surface area contributed by atoms with Gasteiger partial charge in [0.05, 0.1) is 40.5 Å². The first-order chi connectivity index (χ1) is 36.8. The molecule has 14 nitrogen and oxygen atoms in total. The summed E-state index contributed by atoms with van der Waals surface area (Å²) >= 11 is 23.2. The number of nitrogens with one attached hydrogen (secondary N) is 3. The van der Waals surface area contributed by atoms with Crippen LogP contribution in [-0.2, 0) is 52.8 Å². The molecule has 6 aromatic rings. The summed E-state index contributed by atoms with van der Waals surface area (Å²) in [6.45, 7) is 11.4. The normalized spacial score (nSPS) is 12.3. The average molecular weight is 1210 g/mol. The molecule has 3 aromatic carbocycles. The van der Waals surface area contributed by atoms with Gasteiger partial charge in [0, 0.05) is 46.4 Å². The van der Waals surface area contributed by atoms with Gasteiger partial charge in [-0.15, -0.1) is 57.5 Å². The van der Waals surface area contributed by atoms with Crippen molar-refractivity contribution >= 4 is 160 Å². The number of amides is 3. The fourth-order valence-electron chi connectivity index (χ4n) is 7.85. The third kappa shape index (κ3) is 15.8. The molecule has 0 aliphatic heterocycles. The predicted octanol–water partition coefficient (Wildman–Crippen LogP) is 13.2. The largest absolute Gasteiger partial charge is 0.480 e. The van der Waals surface area contributed by atoms with Crippen LogP contribution in [0.2, 0.25) is 15.1 Å². The number of hydrogen-bond acceptors (Lipinski definition) is 15. The number of ether oxygens (including phenoxy) is 1. The maximum atomic E-state index is 14.9. The molecule has 3 amide bonds. The van der Waals surface area contributed by atoms with E-state index in [0.717, 1.165) is 37.7 Å². The van der Waals surface area contributed by atoms with E-state index in [-0.39, 0.29) is 49.6 Å². The molecule has 3 heterocycles. The lowest BCUT2D eigenvalue weighted by molar-refractivity contribution is -0.163. The number of ketones is 3. The van der Waals surface area contributed by atoms with Gasteiger partial charge in [-0.1, -0.05) is 69.4 Å². The van der Waals surface area contributed by atoms with Crippen molar-refractivity contribution in [3.8, 4) is 0 Å². The summed E-state index contributed by atoms with van der Waals surface area (Å²) in [5.74, 6) is -9.42. The summed E-state index contributed by atoms with van der Waals surface area (Å²) in [6.07, 6.45) is 0.947. The average Bonchev–Trinajstić information content (AvgIpc) is 4.14. The topological polar surface area (TPSA) is 219 Å². The number of carbonyl (C=O) groups excluding carboxylic acids is 8. The Labute approximate surface area is 486 Å². The number of aryl methyl sites for hydroxylation is 3. The molecule has 4 N–H and O–H groups in total. The summed E-state index contributed by atoms with van der Waals surface area (Å²) < 4.78 is 3.86. The van der Waals surface area contributed by atoms with Crippen molar-refractivity contribution in [3.63, 3.8) is 0 Å². The Bertz CT molecular complexity index is 3260. The standard InChI is InChI=1S/C56H54Cl3N3O11S5/c1-8-35-23-38(45(66)29-11-17-32(57)18-12-29)50(76-35)60-41(63)27-74-48(53(70)71)44(49(69)62-52-40(25-37(10-3)78-52)47(68)31-15-21-34(59)22-16-31)55(4,5)26-43(65)73-54(72)56(6,7)75-28-42(64)61-51-39(24-36(9-2)77-51)46(67)30-13-19-33(58)20-14-30/h11-25,44,48H,8-10,26-28H2,1-7H3,(H,60,63)(H,61,64)(H,62,69)(H,70,71). The zero-order chi connectivity index (χ0) is 57.2. The molecule has 0 spiro atoms. The quantitative estimate of drug-likeness (QED) is 0.0238. The summed E-state index contributed by atoms with van der Waals surface area (Å²) in [4.78, 5) is 126. The molecular weight excluding hydrogens is 1160 g/mol. The van der Waals surface area contributed by atoms with Gasteiger partial charge in [-0.2, -0.15) is 0 Å². The van der Waals surface area contributed by atoms with E-state index < -0.39 is 74.9 Å². The van der Waals surface area contributed by atoms with Crippen LogP contribution < -0.4 is 16.0 Å². The first-order valence-corrected chi connectivity index (χ1v) is 29.9. The van der Waals surface area contributed by atoms with Crippen molar-refractivity contribution < 1.29 is 53.0 Å².